The number of nitrogens with zero attached hydrogens (tertiary/aromatic N) is 1. The van der Waals surface area contributed by atoms with E-state index in [-0.39, 0.29) is 0 Å². The van der Waals surface area contributed by atoms with Crippen LogP contribution in [0.5, 0.6) is 0 Å². The highest BCUT2D eigenvalue weighted by Gasteiger charge is 2.25. The molecule has 0 spiro atoms. The van der Waals surface area contributed by atoms with Crippen LogP contribution in [-0.4, -0.2) is 49.0 Å². The van der Waals surface area contributed by atoms with E-state index in [1.54, 1.807) is 0 Å². The van der Waals surface area contributed by atoms with Crippen LogP contribution in [0.4, 0.5) is 0 Å². The molecule has 2 saturated heterocycles. The number of hydrogen-bond acceptors (Lipinski definition) is 3. The Morgan fingerprint density at radius 3 is 2.78 bits per heavy atom. The fourth-order valence-corrected chi connectivity index (χ4v) is 4.28. The normalized spacial score (nSPS) is 26.3. The zero-order valence-electron chi connectivity index (χ0n) is 11.5. The molecule has 0 radical (unpaired) electrons. The van der Waals surface area contributed by atoms with Crippen molar-refractivity contribution in [3.63, 3.8) is 0 Å². The third-order valence-electron chi connectivity index (χ3n) is 4.17. The molecule has 3 nitrogen and oxygen atoms in total. The molecule has 2 fully saturated rings. The third kappa shape index (κ3) is 4.16. The summed E-state index contributed by atoms with van der Waals surface area (Å²) in [5.74, 6) is 4.23. The molecule has 2 aliphatic heterocycles. The van der Waals surface area contributed by atoms with Gasteiger partial charge in [0.1, 0.15) is 0 Å². The molecule has 0 aliphatic carbocycles. The van der Waals surface area contributed by atoms with Crippen LogP contribution in [-0.2, 0) is 4.79 Å². The summed E-state index contributed by atoms with van der Waals surface area (Å²) in [5.41, 5.74) is 0. The Morgan fingerprint density at radius 1 is 1.28 bits per heavy atom. The average Bonchev–Trinajstić information content (AvgIpc) is 2.40. The van der Waals surface area contributed by atoms with Crippen LogP contribution in [0.1, 0.15) is 32.1 Å². The third-order valence-corrected chi connectivity index (χ3v) is 5.22. The van der Waals surface area contributed by atoms with Gasteiger partial charge >= 0.3 is 0 Å². The van der Waals surface area contributed by atoms with Crippen molar-refractivity contribution in [3.8, 4) is 0 Å². The summed E-state index contributed by atoms with van der Waals surface area (Å²) in [6, 6.07) is 0. The van der Waals surface area contributed by atoms with Gasteiger partial charge in [-0.1, -0.05) is 0 Å². The van der Waals surface area contributed by atoms with Gasteiger partial charge in [-0.15, -0.1) is 0 Å². The van der Waals surface area contributed by atoms with Crippen LogP contribution < -0.4 is 5.32 Å². The first-order chi connectivity index (χ1) is 8.79. The second kappa shape index (κ2) is 7.39. The zero-order chi connectivity index (χ0) is 12.8. The van der Waals surface area contributed by atoms with Gasteiger partial charge in [0, 0.05) is 19.5 Å². The number of carbonyl (C=O) groups is 1. The van der Waals surface area contributed by atoms with Crippen LogP contribution >= 0.6 is 11.8 Å². The Balaban J connectivity index is 1.76. The monoisotopic (exact) mass is 270 g/mol. The first kappa shape index (κ1) is 14.2. The molecule has 2 aliphatic rings. The Bertz CT molecular complexity index is 265. The largest absolute Gasteiger partial charge is 0.342 e. The number of thioether (sulfide) groups is 1. The van der Waals surface area contributed by atoms with Crippen molar-refractivity contribution >= 4 is 17.7 Å². The van der Waals surface area contributed by atoms with Crippen LogP contribution in [0.3, 0.4) is 0 Å². The van der Waals surface area contributed by atoms with Gasteiger partial charge in [-0.05, 0) is 62.6 Å². The highest BCUT2D eigenvalue weighted by molar-refractivity contribution is 7.99. The quantitative estimate of drug-likeness (QED) is 0.848. The summed E-state index contributed by atoms with van der Waals surface area (Å²) < 4.78 is 0. The van der Waals surface area contributed by atoms with E-state index in [1.165, 1.54) is 37.2 Å². The van der Waals surface area contributed by atoms with Crippen molar-refractivity contribution in [1.29, 1.82) is 0 Å². The van der Waals surface area contributed by atoms with Crippen molar-refractivity contribution < 1.29 is 4.79 Å². The van der Waals surface area contributed by atoms with Gasteiger partial charge in [0.05, 0.1) is 0 Å². The van der Waals surface area contributed by atoms with Crippen LogP contribution in [0.2, 0.25) is 0 Å². The minimum absolute atomic E-state index is 0.410. The average molecular weight is 270 g/mol. The van der Waals surface area contributed by atoms with E-state index in [0.29, 0.717) is 17.7 Å². The highest BCUT2D eigenvalue weighted by atomic mass is 32.2. The SMILES string of the molecule is CNCC1CCCN(C(=O)CC2CCSCC2)C1. The summed E-state index contributed by atoms with van der Waals surface area (Å²) in [6.07, 6.45) is 5.73. The molecule has 2 rings (SSSR count). The maximum atomic E-state index is 12.3. The topological polar surface area (TPSA) is 32.3 Å². The lowest BCUT2D eigenvalue weighted by atomic mass is 9.95. The number of carbonyl (C=O) groups excluding carboxylic acids is 1. The van der Waals surface area contributed by atoms with Gasteiger partial charge < -0.3 is 10.2 Å². The summed E-state index contributed by atoms with van der Waals surface area (Å²) in [7, 11) is 2.00. The fourth-order valence-electron chi connectivity index (χ4n) is 3.07. The van der Waals surface area contributed by atoms with Crippen LogP contribution in [0, 0.1) is 11.8 Å². The van der Waals surface area contributed by atoms with Crippen LogP contribution in [0.25, 0.3) is 0 Å². The number of piperidine rings is 1. The predicted molar refractivity (Wildman–Crippen MR) is 77.9 cm³/mol. The number of likely N-dealkylation sites (tertiary alicyclic amines) is 1. The van der Waals surface area contributed by atoms with Gasteiger partial charge in [-0.25, -0.2) is 0 Å². The standard InChI is InChI=1S/C14H26N2OS/c1-15-10-13-3-2-6-16(11-13)14(17)9-12-4-7-18-8-5-12/h12-13,15H,2-11H2,1H3. The Morgan fingerprint density at radius 2 is 2.06 bits per heavy atom. The van der Waals surface area contributed by atoms with Crippen molar-refractivity contribution in [2.24, 2.45) is 11.8 Å². The van der Waals surface area contributed by atoms with Gasteiger partial charge in [0.25, 0.3) is 0 Å². The smallest absolute Gasteiger partial charge is 0.222 e. The van der Waals surface area contributed by atoms with E-state index in [1.807, 2.05) is 18.8 Å². The molecule has 0 saturated carbocycles. The van der Waals surface area contributed by atoms with E-state index in [4.69, 9.17) is 0 Å². The molecule has 0 aromatic heterocycles. The maximum Gasteiger partial charge on any atom is 0.222 e. The summed E-state index contributed by atoms with van der Waals surface area (Å²) in [6.45, 7) is 3.01. The summed E-state index contributed by atoms with van der Waals surface area (Å²) >= 11 is 2.04. The fraction of sp³-hybridized carbons (Fsp3) is 0.929. The minimum Gasteiger partial charge on any atom is -0.342 e. The van der Waals surface area contributed by atoms with Gasteiger partial charge in [0.15, 0.2) is 0 Å². The molecule has 1 N–H and O–H groups in total. The number of rotatable bonds is 4. The number of hydrogen-bond donors (Lipinski definition) is 1. The second-order valence-electron chi connectivity index (χ2n) is 5.67. The number of amides is 1. The van der Waals surface area contributed by atoms with Crippen molar-refractivity contribution in [3.05, 3.63) is 0 Å². The Labute approximate surface area is 115 Å². The molecule has 0 aromatic carbocycles. The van der Waals surface area contributed by atoms with E-state index >= 15 is 0 Å². The van der Waals surface area contributed by atoms with Gasteiger partial charge in [-0.3, -0.25) is 4.79 Å². The van der Waals surface area contributed by atoms with Crippen molar-refractivity contribution in [1.82, 2.24) is 10.2 Å². The molecular weight excluding hydrogens is 244 g/mol. The van der Waals surface area contributed by atoms with E-state index in [2.05, 4.69) is 10.2 Å². The molecule has 2 heterocycles. The van der Waals surface area contributed by atoms with E-state index in [9.17, 15) is 4.79 Å². The van der Waals surface area contributed by atoms with Gasteiger partial charge in [0.2, 0.25) is 5.91 Å². The zero-order valence-corrected chi connectivity index (χ0v) is 12.3. The molecule has 104 valence electrons. The maximum absolute atomic E-state index is 12.3. The first-order valence-electron chi connectivity index (χ1n) is 7.29. The molecule has 18 heavy (non-hydrogen) atoms. The lowest BCUT2D eigenvalue weighted by molar-refractivity contribution is -0.134. The van der Waals surface area contributed by atoms with Gasteiger partial charge in [-0.2, -0.15) is 11.8 Å². The molecular formula is C14H26N2OS. The molecule has 0 bridgehead atoms. The molecule has 4 heteroatoms. The molecule has 1 atom stereocenters. The summed E-state index contributed by atoms with van der Waals surface area (Å²) in [4.78, 5) is 14.4. The first-order valence-corrected chi connectivity index (χ1v) is 8.45. The molecule has 1 amide bonds. The predicted octanol–water partition coefficient (Wildman–Crippen LogP) is 1.98. The molecule has 1 unspecified atom stereocenters. The Kier molecular flexibility index (Phi) is 5.83. The van der Waals surface area contributed by atoms with Crippen molar-refractivity contribution in [2.75, 3.05) is 38.2 Å². The lowest BCUT2D eigenvalue weighted by Gasteiger charge is -2.34. The van der Waals surface area contributed by atoms with E-state index in [0.717, 1.165) is 26.1 Å². The van der Waals surface area contributed by atoms with Crippen LogP contribution in [0.15, 0.2) is 0 Å². The second-order valence-corrected chi connectivity index (χ2v) is 6.89. The van der Waals surface area contributed by atoms with E-state index < -0.39 is 0 Å². The Hall–Kier alpha value is -0.220. The number of nitrogens with one attached hydrogen (secondary N) is 1. The van der Waals surface area contributed by atoms with Crippen molar-refractivity contribution in [2.45, 2.75) is 32.1 Å². The molecule has 0 aromatic rings. The lowest BCUT2D eigenvalue weighted by Crippen LogP contribution is -2.43. The highest BCUT2D eigenvalue weighted by Crippen LogP contribution is 2.26. The minimum atomic E-state index is 0.410. The summed E-state index contributed by atoms with van der Waals surface area (Å²) in [5, 5.41) is 3.24.